The Balaban J connectivity index is 0.000000123. The highest BCUT2D eigenvalue weighted by Crippen LogP contribution is 2.54. The minimum atomic E-state index is 1.19. The van der Waals surface area contributed by atoms with E-state index >= 15 is 0 Å². The summed E-state index contributed by atoms with van der Waals surface area (Å²) in [7, 11) is 0. The predicted octanol–water partition coefficient (Wildman–Crippen LogP) is 21.6. The number of nitrogens with zero attached hydrogens (tertiary/aromatic N) is 2. The summed E-state index contributed by atoms with van der Waals surface area (Å²) >= 11 is 3.79. The lowest BCUT2D eigenvalue weighted by Crippen LogP contribution is -1.95. The van der Waals surface area contributed by atoms with E-state index in [-0.39, 0.29) is 0 Å². The predicted molar refractivity (Wildman–Crippen MR) is 337 cm³/mol. The fourth-order valence-corrected chi connectivity index (χ4v) is 16.0. The van der Waals surface area contributed by atoms with Gasteiger partial charge in [-0.3, -0.25) is 0 Å². The van der Waals surface area contributed by atoms with Gasteiger partial charge in [-0.2, -0.15) is 0 Å². The van der Waals surface area contributed by atoms with Crippen LogP contribution in [0.3, 0.4) is 0 Å². The normalized spacial score (nSPS) is 12.4. The van der Waals surface area contributed by atoms with E-state index in [0.717, 1.165) is 0 Å². The summed E-state index contributed by atoms with van der Waals surface area (Å²) < 4.78 is 10.3. The molecule has 17 aromatic rings. The van der Waals surface area contributed by atoms with Crippen LogP contribution in [0.4, 0.5) is 0 Å². The molecule has 360 valence electrons. The first kappa shape index (κ1) is 42.6. The minimum absolute atomic E-state index is 1.19. The molecule has 2 aliphatic rings. The highest BCUT2D eigenvalue weighted by atomic mass is 32.1. The van der Waals surface area contributed by atoms with Crippen molar-refractivity contribution < 1.29 is 0 Å². The number of benzene rings is 13. The van der Waals surface area contributed by atoms with Gasteiger partial charge >= 0.3 is 0 Å². The van der Waals surface area contributed by atoms with Crippen LogP contribution in [-0.4, -0.2) is 9.13 Å². The van der Waals surface area contributed by atoms with Gasteiger partial charge in [-0.1, -0.05) is 170 Å². The molecule has 4 heteroatoms. The van der Waals surface area contributed by atoms with E-state index in [1.807, 2.05) is 22.7 Å². The Kier molecular flexibility index (Phi) is 8.73. The van der Waals surface area contributed by atoms with Gasteiger partial charge in [-0.15, -0.1) is 22.7 Å². The van der Waals surface area contributed by atoms with E-state index in [1.54, 1.807) is 0 Å². The molecule has 0 fully saturated rings. The van der Waals surface area contributed by atoms with Gasteiger partial charge < -0.3 is 9.13 Å². The van der Waals surface area contributed by atoms with Crippen LogP contribution in [-0.2, 0) is 0 Å². The molecule has 0 bridgehead atoms. The fourth-order valence-electron chi connectivity index (χ4n) is 13.8. The lowest BCUT2D eigenvalue weighted by molar-refractivity contribution is 1.18. The summed E-state index contributed by atoms with van der Waals surface area (Å²) in [6, 6.07) is 94.3. The molecular weight excluding hydrogens is 981 g/mol. The lowest BCUT2D eigenvalue weighted by atomic mass is 9.92. The number of aromatic nitrogens is 2. The summed E-state index contributed by atoms with van der Waals surface area (Å²) in [6.07, 6.45) is 0. The fraction of sp³-hybridized carbons (Fsp3) is 0. The van der Waals surface area contributed by atoms with Crippen molar-refractivity contribution in [2.75, 3.05) is 0 Å². The van der Waals surface area contributed by atoms with E-state index in [0.29, 0.717) is 0 Å². The number of fused-ring (bicyclic) bond motifs is 12. The molecule has 0 saturated heterocycles. The molecule has 2 nitrogen and oxygen atoms in total. The average molecular weight is 1020 g/mol. The maximum Gasteiger partial charge on any atom is 0.0548 e. The molecule has 0 N–H and O–H groups in total. The van der Waals surface area contributed by atoms with Crippen LogP contribution in [0.2, 0.25) is 0 Å². The van der Waals surface area contributed by atoms with Crippen molar-refractivity contribution >= 4 is 128 Å². The summed E-state index contributed by atoms with van der Waals surface area (Å²) in [6.45, 7) is 0. The summed E-state index contributed by atoms with van der Waals surface area (Å²) in [5, 5.41) is 16.1. The van der Waals surface area contributed by atoms with E-state index in [9.17, 15) is 0 Å². The molecule has 0 atom stereocenters. The first-order valence-corrected chi connectivity index (χ1v) is 28.4. The van der Waals surface area contributed by atoms with Crippen molar-refractivity contribution in [1.82, 2.24) is 9.13 Å². The SMILES string of the molecule is c1ccc(-c2cccc(-n3c4cccc5c4c4c6c(cccc6ccc43)-c3cc4c(cc3-5)sc3ccccc34)c2)cc1.c1ccc(-n2c3cccc4c3c3c5c(cccc5ccc32)-c2cc3c(cc2-4)sc2ccccc23)cc1. The zero-order valence-electron chi connectivity index (χ0n) is 42.0. The Bertz CT molecular complexity index is 5440. The van der Waals surface area contributed by atoms with E-state index < -0.39 is 0 Å². The van der Waals surface area contributed by atoms with Gasteiger partial charge in [0.15, 0.2) is 0 Å². The van der Waals surface area contributed by atoms with E-state index in [4.69, 9.17) is 0 Å². The van der Waals surface area contributed by atoms with Crippen molar-refractivity contribution in [3.63, 3.8) is 0 Å². The van der Waals surface area contributed by atoms with Gasteiger partial charge in [0.2, 0.25) is 0 Å². The third-order valence-corrected chi connectivity index (χ3v) is 19.3. The topological polar surface area (TPSA) is 9.86 Å². The van der Waals surface area contributed by atoms with Crippen molar-refractivity contribution in [3.05, 3.63) is 255 Å². The van der Waals surface area contributed by atoms with Crippen LogP contribution >= 0.6 is 22.7 Å². The summed E-state index contributed by atoms with van der Waals surface area (Å²) in [4.78, 5) is 0. The highest BCUT2D eigenvalue weighted by Gasteiger charge is 2.28. The van der Waals surface area contributed by atoms with Crippen LogP contribution < -0.4 is 0 Å². The number of para-hydroxylation sites is 1. The van der Waals surface area contributed by atoms with E-state index in [1.165, 1.54) is 173 Å². The third-order valence-electron chi connectivity index (χ3n) is 17.0. The van der Waals surface area contributed by atoms with Crippen molar-refractivity contribution in [2.24, 2.45) is 0 Å². The average Bonchev–Trinajstić information content (AvgIpc) is 4.05. The molecule has 0 aliphatic heterocycles. The first-order chi connectivity index (χ1) is 38.7. The number of hydrogen-bond acceptors (Lipinski definition) is 2. The Labute approximate surface area is 456 Å². The summed E-state index contributed by atoms with van der Waals surface area (Å²) in [5.74, 6) is 0. The molecule has 4 heterocycles. The van der Waals surface area contributed by atoms with Gasteiger partial charge in [-0.25, -0.2) is 0 Å². The second-order valence-corrected chi connectivity index (χ2v) is 23.2. The molecule has 0 spiro atoms. The Hall–Kier alpha value is -9.58. The molecule has 2 aliphatic carbocycles. The van der Waals surface area contributed by atoms with Gasteiger partial charge in [0, 0.05) is 73.3 Å². The molecule has 78 heavy (non-hydrogen) atoms. The van der Waals surface area contributed by atoms with E-state index in [2.05, 4.69) is 264 Å². The Morgan fingerprint density at radius 2 is 0.628 bits per heavy atom. The van der Waals surface area contributed by atoms with Crippen LogP contribution in [0.25, 0.3) is 173 Å². The maximum atomic E-state index is 2.47. The van der Waals surface area contributed by atoms with Crippen LogP contribution in [0.15, 0.2) is 255 Å². The molecule has 19 rings (SSSR count). The van der Waals surface area contributed by atoms with Crippen molar-refractivity contribution in [1.29, 1.82) is 0 Å². The highest BCUT2D eigenvalue weighted by molar-refractivity contribution is 7.26. The minimum Gasteiger partial charge on any atom is -0.309 e. The molecule has 0 amide bonds. The van der Waals surface area contributed by atoms with Gasteiger partial charge in [0.25, 0.3) is 0 Å². The summed E-state index contributed by atoms with van der Waals surface area (Å²) in [5.41, 5.74) is 20.5. The molecule has 13 aromatic carbocycles. The monoisotopic (exact) mass is 1020 g/mol. The zero-order chi connectivity index (χ0) is 50.7. The van der Waals surface area contributed by atoms with Crippen molar-refractivity contribution in [3.8, 4) is 67.0 Å². The second kappa shape index (κ2) is 16.0. The van der Waals surface area contributed by atoms with Crippen LogP contribution in [0.1, 0.15) is 0 Å². The number of rotatable bonds is 3. The molecule has 0 radical (unpaired) electrons. The smallest absolute Gasteiger partial charge is 0.0548 e. The quantitative estimate of drug-likeness (QED) is 0.167. The Morgan fingerprint density at radius 3 is 1.18 bits per heavy atom. The number of thiophene rings is 2. The standard InChI is InChI=1S/C40H23NS.C34H19NS/c1-2-9-24(10-3-1)26-12-6-13-27(21-26)41-34-17-8-16-30-32-23-37-33(28-14-4-5-18-36(28)42-37)22-31(32)29-15-7-11-25-19-20-35(41)40(38(25)29)39(30)34;1-2-9-21(10-3-1)35-28-14-7-13-24-26-19-31-27(22-11-4-5-15-30(22)36-31)18-25(26)23-12-6-8-20-16-17-29(35)34(32(20)23)33(24)28/h1-23H;1-19H. The molecule has 4 aromatic heterocycles. The largest absolute Gasteiger partial charge is 0.309 e. The molecule has 0 unspecified atom stereocenters. The van der Waals surface area contributed by atoms with Crippen LogP contribution in [0, 0.1) is 0 Å². The molecular formula is C74H42N2S2. The zero-order valence-corrected chi connectivity index (χ0v) is 43.6. The van der Waals surface area contributed by atoms with Crippen molar-refractivity contribution in [2.45, 2.75) is 0 Å². The van der Waals surface area contributed by atoms with Crippen LogP contribution in [0.5, 0.6) is 0 Å². The lowest BCUT2D eigenvalue weighted by Gasteiger charge is -2.15. The van der Waals surface area contributed by atoms with Gasteiger partial charge in [0.1, 0.15) is 0 Å². The maximum absolute atomic E-state index is 2.47. The third kappa shape index (κ3) is 5.85. The first-order valence-electron chi connectivity index (χ1n) is 26.8. The van der Waals surface area contributed by atoms with Gasteiger partial charge in [-0.05, 0) is 162 Å². The molecule has 0 saturated carbocycles. The Morgan fingerprint density at radius 1 is 0.218 bits per heavy atom. The number of hydrogen-bond donors (Lipinski definition) is 0. The second-order valence-electron chi connectivity index (χ2n) is 21.0. The van der Waals surface area contributed by atoms with Gasteiger partial charge in [0.05, 0.1) is 22.1 Å².